The molecule has 0 unspecified atom stereocenters. The normalized spacial score (nSPS) is 12.9. The van der Waals surface area contributed by atoms with Gasteiger partial charge in [-0.3, -0.25) is 4.99 Å². The van der Waals surface area contributed by atoms with Crippen molar-refractivity contribution in [3.8, 4) is 0 Å². The van der Waals surface area contributed by atoms with Crippen LogP contribution in [0.4, 0.5) is 0 Å². The number of aromatic nitrogens is 1. The van der Waals surface area contributed by atoms with Crippen LogP contribution in [-0.2, 0) is 30.2 Å². The van der Waals surface area contributed by atoms with Gasteiger partial charge in [-0.05, 0) is 38.5 Å². The van der Waals surface area contributed by atoms with Crippen molar-refractivity contribution in [3.05, 3.63) is 52.8 Å². The first-order chi connectivity index (χ1) is 13.4. The Labute approximate surface area is 178 Å². The average molecular weight is 440 g/mol. The smallest absolute Gasteiger partial charge is 0.241 e. The highest BCUT2D eigenvalue weighted by molar-refractivity contribution is 7.89. The summed E-state index contributed by atoms with van der Waals surface area (Å²) in [7, 11) is 1.91. The van der Waals surface area contributed by atoms with E-state index in [0.717, 1.165) is 5.69 Å². The fourth-order valence-corrected chi connectivity index (χ4v) is 4.90. The standard InChI is InChI=1S/C20H30ClN5O2S/c1-20(2,3)24-29(27,28)18-10-8-7-9-15(18)12-23-19(22-4)26(6)14-17-11-16(21)13-25(17)5/h7-11,13,24H,12,14H2,1-6H3,(H,22,23). The van der Waals surface area contributed by atoms with E-state index in [1.54, 1.807) is 25.2 Å². The molecule has 0 saturated carbocycles. The molecule has 0 aliphatic rings. The van der Waals surface area contributed by atoms with Crippen molar-refractivity contribution in [2.75, 3.05) is 14.1 Å². The van der Waals surface area contributed by atoms with Gasteiger partial charge in [0.1, 0.15) is 0 Å². The quantitative estimate of drug-likeness (QED) is 0.535. The summed E-state index contributed by atoms with van der Waals surface area (Å²) in [5.41, 5.74) is 1.14. The number of halogens is 1. The van der Waals surface area contributed by atoms with Crippen molar-refractivity contribution in [1.29, 1.82) is 0 Å². The molecule has 0 bridgehead atoms. The Kier molecular flexibility index (Phi) is 7.37. The van der Waals surface area contributed by atoms with E-state index in [4.69, 9.17) is 11.6 Å². The van der Waals surface area contributed by atoms with Crippen molar-refractivity contribution in [3.63, 3.8) is 0 Å². The number of rotatable bonds is 6. The molecule has 0 atom stereocenters. The van der Waals surface area contributed by atoms with Crippen LogP contribution in [0, 0.1) is 0 Å². The molecule has 7 nitrogen and oxygen atoms in total. The van der Waals surface area contributed by atoms with Crippen molar-refractivity contribution in [2.45, 2.75) is 44.3 Å². The van der Waals surface area contributed by atoms with Crippen LogP contribution in [0.25, 0.3) is 0 Å². The van der Waals surface area contributed by atoms with Crippen LogP contribution < -0.4 is 10.0 Å². The lowest BCUT2D eigenvalue weighted by Crippen LogP contribution is -2.41. The first-order valence-electron chi connectivity index (χ1n) is 9.27. The predicted molar refractivity (Wildman–Crippen MR) is 119 cm³/mol. The van der Waals surface area contributed by atoms with Crippen LogP contribution in [0.5, 0.6) is 0 Å². The molecule has 0 amide bonds. The number of nitrogens with one attached hydrogen (secondary N) is 2. The Morgan fingerprint density at radius 1 is 1.28 bits per heavy atom. The van der Waals surface area contributed by atoms with Gasteiger partial charge < -0.3 is 14.8 Å². The zero-order valence-corrected chi connectivity index (χ0v) is 19.4. The third kappa shape index (κ3) is 6.48. The van der Waals surface area contributed by atoms with Crippen molar-refractivity contribution in [1.82, 2.24) is 19.5 Å². The van der Waals surface area contributed by atoms with E-state index in [9.17, 15) is 8.42 Å². The summed E-state index contributed by atoms with van der Waals surface area (Å²) < 4.78 is 30.3. The zero-order valence-electron chi connectivity index (χ0n) is 17.8. The van der Waals surface area contributed by atoms with Gasteiger partial charge in [-0.2, -0.15) is 0 Å². The predicted octanol–water partition coefficient (Wildman–Crippen LogP) is 2.96. The van der Waals surface area contributed by atoms with Crippen LogP contribution in [-0.4, -0.2) is 43.5 Å². The third-order valence-electron chi connectivity index (χ3n) is 4.19. The van der Waals surface area contributed by atoms with E-state index >= 15 is 0 Å². The van der Waals surface area contributed by atoms with E-state index in [1.807, 2.05) is 62.7 Å². The van der Waals surface area contributed by atoms with E-state index in [-0.39, 0.29) is 4.90 Å². The molecule has 9 heteroatoms. The topological polar surface area (TPSA) is 78.7 Å². The van der Waals surface area contributed by atoms with Crippen molar-refractivity contribution >= 4 is 27.6 Å². The minimum atomic E-state index is -3.64. The van der Waals surface area contributed by atoms with Crippen molar-refractivity contribution < 1.29 is 8.42 Å². The lowest BCUT2D eigenvalue weighted by Gasteiger charge is -2.24. The highest BCUT2D eigenvalue weighted by Crippen LogP contribution is 2.18. The zero-order chi connectivity index (χ0) is 21.8. The van der Waals surface area contributed by atoms with Gasteiger partial charge in [-0.15, -0.1) is 0 Å². The van der Waals surface area contributed by atoms with Gasteiger partial charge in [-0.1, -0.05) is 29.8 Å². The van der Waals surface area contributed by atoms with Crippen LogP contribution in [0.3, 0.4) is 0 Å². The van der Waals surface area contributed by atoms with E-state index in [2.05, 4.69) is 15.0 Å². The summed E-state index contributed by atoms with van der Waals surface area (Å²) in [5.74, 6) is 0.651. The second-order valence-electron chi connectivity index (χ2n) is 7.98. The first-order valence-corrected chi connectivity index (χ1v) is 11.1. The molecular formula is C20H30ClN5O2S. The number of aryl methyl sites for hydroxylation is 1. The summed E-state index contributed by atoms with van der Waals surface area (Å²) in [6.07, 6.45) is 1.85. The number of hydrogen-bond donors (Lipinski definition) is 2. The number of benzene rings is 1. The van der Waals surface area contributed by atoms with Gasteiger partial charge in [0.15, 0.2) is 5.96 Å². The second-order valence-corrected chi connectivity index (χ2v) is 10.1. The lowest BCUT2D eigenvalue weighted by molar-refractivity contribution is 0.461. The van der Waals surface area contributed by atoms with Crippen LogP contribution in [0.15, 0.2) is 46.4 Å². The molecule has 0 saturated heterocycles. The summed E-state index contributed by atoms with van der Waals surface area (Å²) in [5, 5.41) is 3.93. The number of nitrogens with zero attached hydrogens (tertiary/aromatic N) is 3. The maximum atomic E-state index is 12.8. The highest BCUT2D eigenvalue weighted by Gasteiger charge is 2.24. The molecule has 2 N–H and O–H groups in total. The van der Waals surface area contributed by atoms with Gasteiger partial charge in [0.2, 0.25) is 10.0 Å². The first kappa shape index (κ1) is 23.3. The number of hydrogen-bond acceptors (Lipinski definition) is 3. The average Bonchev–Trinajstić information content (AvgIpc) is 2.90. The minimum Gasteiger partial charge on any atom is -0.352 e. The number of guanidine groups is 1. The Morgan fingerprint density at radius 2 is 1.93 bits per heavy atom. The highest BCUT2D eigenvalue weighted by atomic mass is 35.5. The molecule has 0 fully saturated rings. The van der Waals surface area contributed by atoms with Gasteiger partial charge in [0, 0.05) is 45.1 Å². The minimum absolute atomic E-state index is 0.259. The maximum absolute atomic E-state index is 12.8. The van der Waals surface area contributed by atoms with Gasteiger partial charge in [0.05, 0.1) is 16.5 Å². The number of aliphatic imine (C=N–C) groups is 1. The van der Waals surface area contributed by atoms with Gasteiger partial charge >= 0.3 is 0 Å². The Hall–Kier alpha value is -2.03. The number of sulfonamides is 1. The van der Waals surface area contributed by atoms with Crippen LogP contribution in [0.1, 0.15) is 32.0 Å². The second kappa shape index (κ2) is 9.19. The molecule has 1 heterocycles. The molecule has 2 aromatic rings. The molecule has 160 valence electrons. The van der Waals surface area contributed by atoms with Crippen LogP contribution >= 0.6 is 11.6 Å². The molecule has 2 rings (SSSR count). The summed E-state index contributed by atoms with van der Waals surface area (Å²) in [4.78, 5) is 6.52. The molecular weight excluding hydrogens is 410 g/mol. The molecule has 29 heavy (non-hydrogen) atoms. The fourth-order valence-electron chi connectivity index (χ4n) is 2.97. The Bertz CT molecular complexity index is 977. The third-order valence-corrected chi connectivity index (χ3v) is 6.25. The summed E-state index contributed by atoms with van der Waals surface area (Å²) in [6.45, 7) is 6.38. The molecule has 1 aromatic heterocycles. The largest absolute Gasteiger partial charge is 0.352 e. The summed E-state index contributed by atoms with van der Waals surface area (Å²) in [6, 6.07) is 8.87. The van der Waals surface area contributed by atoms with E-state index in [1.165, 1.54) is 0 Å². The molecule has 1 aromatic carbocycles. The van der Waals surface area contributed by atoms with Gasteiger partial charge in [-0.25, -0.2) is 13.1 Å². The van der Waals surface area contributed by atoms with Crippen LogP contribution in [0.2, 0.25) is 5.02 Å². The van der Waals surface area contributed by atoms with E-state index in [0.29, 0.717) is 29.6 Å². The van der Waals surface area contributed by atoms with Crippen molar-refractivity contribution in [2.24, 2.45) is 12.0 Å². The SMILES string of the molecule is CN=C(NCc1ccccc1S(=O)(=O)NC(C)(C)C)N(C)Cc1cc(Cl)cn1C. The molecule has 0 aliphatic carbocycles. The summed E-state index contributed by atoms with van der Waals surface area (Å²) >= 11 is 6.06. The Balaban J connectivity index is 2.15. The molecule has 0 spiro atoms. The van der Waals surface area contributed by atoms with E-state index < -0.39 is 15.6 Å². The maximum Gasteiger partial charge on any atom is 0.241 e. The van der Waals surface area contributed by atoms with Gasteiger partial charge in [0.25, 0.3) is 0 Å². The Morgan fingerprint density at radius 3 is 2.48 bits per heavy atom. The fraction of sp³-hybridized carbons (Fsp3) is 0.450. The lowest BCUT2D eigenvalue weighted by atomic mass is 10.1. The molecule has 0 radical (unpaired) electrons. The molecule has 0 aliphatic heterocycles. The monoisotopic (exact) mass is 439 g/mol.